The Morgan fingerprint density at radius 3 is 2.48 bits per heavy atom. The standard InChI is InChI=1S/C35H28F4N4O3/c36-26-3-1-2-22(15-26)29-17-24(28-7-6-23(18-30(28)37)34(45)43-12-10-35(38,39)11-13-43)14-25-16-27(46-33(25)29)20-42-32(44)9-5-21-4-8-31(40)41-19-21/h1-9,14-19H,10-13,20H2,(H2,40,41)(H,42,44)/b9-5+. The number of nitrogens with one attached hydrogen (secondary N) is 1. The average molecular weight is 629 g/mol. The normalized spacial score (nSPS) is 14.6. The first-order chi connectivity index (χ1) is 22.0. The molecule has 46 heavy (non-hydrogen) atoms. The fraction of sp³-hybridized carbons (Fsp3) is 0.171. The Labute approximate surface area is 261 Å². The second kappa shape index (κ2) is 12.5. The maximum absolute atomic E-state index is 15.6. The highest BCUT2D eigenvalue weighted by molar-refractivity contribution is 5.98. The molecule has 11 heteroatoms. The zero-order chi connectivity index (χ0) is 32.4. The van der Waals surface area contributed by atoms with Gasteiger partial charge in [0.1, 0.15) is 28.8 Å². The predicted molar refractivity (Wildman–Crippen MR) is 167 cm³/mol. The SMILES string of the molecule is Nc1ccc(/C=C/C(=O)NCc2cc3cc(-c4ccc(C(=O)N5CCC(F)(F)CC5)cc4F)cc(-c4cccc(F)c4)c3o2)cn1. The lowest BCUT2D eigenvalue weighted by molar-refractivity contribution is -0.116. The number of nitrogens with zero attached hydrogens (tertiary/aromatic N) is 2. The van der Waals surface area contributed by atoms with Crippen molar-refractivity contribution in [1.29, 1.82) is 0 Å². The summed E-state index contributed by atoms with van der Waals surface area (Å²) in [6.45, 7) is -0.172. The van der Waals surface area contributed by atoms with Crippen LogP contribution in [0.15, 0.2) is 89.5 Å². The molecule has 1 fully saturated rings. The van der Waals surface area contributed by atoms with Crippen molar-refractivity contribution < 1.29 is 31.6 Å². The second-order valence-corrected chi connectivity index (χ2v) is 11.1. The quantitative estimate of drug-likeness (QED) is 0.146. The average Bonchev–Trinajstić information content (AvgIpc) is 3.46. The monoisotopic (exact) mass is 628 g/mol. The third kappa shape index (κ3) is 6.78. The van der Waals surface area contributed by atoms with Crippen LogP contribution in [-0.4, -0.2) is 40.7 Å². The first-order valence-electron chi connectivity index (χ1n) is 14.5. The number of anilines is 1. The summed E-state index contributed by atoms with van der Waals surface area (Å²) in [5.41, 5.74) is 8.36. The molecule has 3 heterocycles. The van der Waals surface area contributed by atoms with Gasteiger partial charge in [-0.3, -0.25) is 9.59 Å². The van der Waals surface area contributed by atoms with Crippen LogP contribution in [0.2, 0.25) is 0 Å². The van der Waals surface area contributed by atoms with Gasteiger partial charge >= 0.3 is 0 Å². The summed E-state index contributed by atoms with van der Waals surface area (Å²) in [4.78, 5) is 30.6. The van der Waals surface area contributed by atoms with Gasteiger partial charge in [-0.1, -0.05) is 18.2 Å². The third-order valence-corrected chi connectivity index (χ3v) is 7.79. The molecule has 1 saturated heterocycles. The van der Waals surface area contributed by atoms with Crippen molar-refractivity contribution in [2.75, 3.05) is 18.8 Å². The maximum atomic E-state index is 15.6. The van der Waals surface area contributed by atoms with Crippen LogP contribution in [0, 0.1) is 11.6 Å². The van der Waals surface area contributed by atoms with Gasteiger partial charge in [0.15, 0.2) is 0 Å². The predicted octanol–water partition coefficient (Wildman–Crippen LogP) is 7.22. The number of hydrogen-bond donors (Lipinski definition) is 2. The van der Waals surface area contributed by atoms with Crippen molar-refractivity contribution in [2.45, 2.75) is 25.3 Å². The van der Waals surface area contributed by atoms with E-state index < -0.39 is 36.3 Å². The molecule has 0 aliphatic carbocycles. The van der Waals surface area contributed by atoms with Crippen molar-refractivity contribution in [1.82, 2.24) is 15.2 Å². The summed E-state index contributed by atoms with van der Waals surface area (Å²) < 4.78 is 63.1. The van der Waals surface area contributed by atoms with E-state index in [4.69, 9.17) is 10.2 Å². The lowest BCUT2D eigenvalue weighted by atomic mass is 9.95. The van der Waals surface area contributed by atoms with Gasteiger partial charge in [-0.2, -0.15) is 0 Å². The Morgan fingerprint density at radius 1 is 0.957 bits per heavy atom. The molecule has 1 aliphatic heterocycles. The molecule has 2 aromatic heterocycles. The highest BCUT2D eigenvalue weighted by atomic mass is 19.3. The molecule has 0 bridgehead atoms. The Bertz CT molecular complexity index is 1960. The van der Waals surface area contributed by atoms with Gasteiger partial charge in [0.2, 0.25) is 5.91 Å². The number of carbonyl (C=O) groups is 2. The Balaban J connectivity index is 1.28. The van der Waals surface area contributed by atoms with Gasteiger partial charge in [0.25, 0.3) is 11.8 Å². The van der Waals surface area contributed by atoms with Crippen molar-refractivity contribution in [3.63, 3.8) is 0 Å². The van der Waals surface area contributed by atoms with Gasteiger partial charge in [-0.05, 0) is 77.4 Å². The van der Waals surface area contributed by atoms with E-state index in [0.717, 1.165) is 6.07 Å². The minimum atomic E-state index is -2.81. The molecular formula is C35H28F4N4O3. The Kier molecular flexibility index (Phi) is 8.31. The summed E-state index contributed by atoms with van der Waals surface area (Å²) >= 11 is 0. The topological polar surface area (TPSA) is 101 Å². The van der Waals surface area contributed by atoms with Crippen LogP contribution >= 0.6 is 0 Å². The lowest BCUT2D eigenvalue weighted by Gasteiger charge is -2.31. The van der Waals surface area contributed by atoms with E-state index in [1.807, 2.05) is 0 Å². The van der Waals surface area contributed by atoms with Crippen molar-refractivity contribution in [3.05, 3.63) is 114 Å². The minimum Gasteiger partial charge on any atom is -0.459 e. The van der Waals surface area contributed by atoms with Gasteiger partial charge in [-0.15, -0.1) is 0 Å². The molecule has 234 valence electrons. The molecular weight excluding hydrogens is 600 g/mol. The number of amides is 2. The largest absolute Gasteiger partial charge is 0.459 e. The molecule has 6 rings (SSSR count). The van der Waals surface area contributed by atoms with Gasteiger partial charge in [0, 0.05) is 60.3 Å². The summed E-state index contributed by atoms with van der Waals surface area (Å²) in [6, 6.07) is 18.3. The molecule has 0 spiro atoms. The van der Waals surface area contributed by atoms with Crippen LogP contribution in [-0.2, 0) is 11.3 Å². The van der Waals surface area contributed by atoms with Crippen LogP contribution in [0.1, 0.15) is 34.5 Å². The smallest absolute Gasteiger partial charge is 0.253 e. The molecule has 2 amide bonds. The first kappa shape index (κ1) is 30.6. The summed E-state index contributed by atoms with van der Waals surface area (Å²) in [5.74, 6) is -4.08. The highest BCUT2D eigenvalue weighted by Gasteiger charge is 2.36. The number of fused-ring (bicyclic) bond motifs is 1. The zero-order valence-electron chi connectivity index (χ0n) is 24.4. The molecule has 3 aromatic carbocycles. The van der Waals surface area contributed by atoms with Gasteiger partial charge in [-0.25, -0.2) is 22.5 Å². The van der Waals surface area contributed by atoms with Crippen molar-refractivity contribution in [3.8, 4) is 22.3 Å². The summed E-state index contributed by atoms with van der Waals surface area (Å²) in [6.07, 6.45) is 3.61. The fourth-order valence-electron chi connectivity index (χ4n) is 5.34. The number of hydrogen-bond acceptors (Lipinski definition) is 5. The van der Waals surface area contributed by atoms with Crippen molar-refractivity contribution in [2.24, 2.45) is 0 Å². The lowest BCUT2D eigenvalue weighted by Crippen LogP contribution is -2.42. The number of nitrogen functional groups attached to an aromatic ring is 1. The number of pyridine rings is 1. The molecule has 3 N–H and O–H groups in total. The van der Waals surface area contributed by atoms with E-state index in [0.29, 0.717) is 44.8 Å². The number of nitrogens with two attached hydrogens (primary N) is 1. The minimum absolute atomic E-state index is 0.0450. The molecule has 1 aliphatic rings. The van der Waals surface area contributed by atoms with E-state index in [-0.39, 0.29) is 36.7 Å². The summed E-state index contributed by atoms with van der Waals surface area (Å²) in [7, 11) is 0. The molecule has 0 atom stereocenters. The number of piperidine rings is 1. The van der Waals surface area contributed by atoms with E-state index in [1.165, 1.54) is 41.4 Å². The Morgan fingerprint density at radius 2 is 1.76 bits per heavy atom. The van der Waals surface area contributed by atoms with Gasteiger partial charge in [0.05, 0.1) is 6.54 Å². The van der Waals surface area contributed by atoms with E-state index in [2.05, 4.69) is 10.3 Å². The molecule has 5 aromatic rings. The number of aromatic nitrogens is 1. The fourth-order valence-corrected chi connectivity index (χ4v) is 5.34. The van der Waals surface area contributed by atoms with Crippen LogP contribution in [0.3, 0.4) is 0 Å². The zero-order valence-corrected chi connectivity index (χ0v) is 24.4. The van der Waals surface area contributed by atoms with E-state index in [1.54, 1.807) is 48.5 Å². The van der Waals surface area contributed by atoms with E-state index in [9.17, 15) is 22.8 Å². The second-order valence-electron chi connectivity index (χ2n) is 11.1. The van der Waals surface area contributed by atoms with Gasteiger partial charge < -0.3 is 20.4 Å². The molecule has 0 saturated carbocycles. The third-order valence-electron chi connectivity index (χ3n) is 7.79. The highest BCUT2D eigenvalue weighted by Crippen LogP contribution is 2.37. The number of furan rings is 1. The molecule has 0 unspecified atom stereocenters. The number of rotatable bonds is 7. The van der Waals surface area contributed by atoms with Crippen LogP contribution in [0.5, 0.6) is 0 Å². The first-order valence-corrected chi connectivity index (χ1v) is 14.5. The number of halogens is 4. The number of likely N-dealkylation sites (tertiary alicyclic amines) is 1. The number of benzene rings is 3. The number of alkyl halides is 2. The summed E-state index contributed by atoms with van der Waals surface area (Å²) in [5, 5.41) is 3.33. The van der Waals surface area contributed by atoms with Crippen LogP contribution in [0.25, 0.3) is 39.3 Å². The van der Waals surface area contributed by atoms with Crippen molar-refractivity contribution >= 4 is 34.7 Å². The molecule has 0 radical (unpaired) electrons. The van der Waals surface area contributed by atoms with Crippen LogP contribution < -0.4 is 11.1 Å². The Hall–Kier alpha value is -5.45. The van der Waals surface area contributed by atoms with Crippen LogP contribution in [0.4, 0.5) is 23.4 Å². The van der Waals surface area contributed by atoms with E-state index >= 15 is 4.39 Å². The number of carbonyl (C=O) groups excluding carboxylic acids is 2. The maximum Gasteiger partial charge on any atom is 0.253 e. The molecule has 7 nitrogen and oxygen atoms in total.